The SMILES string of the molecule is CCC1CCC(C(O)c2c(Br)cnn2CCN(C)C)CC1. The summed E-state index contributed by atoms with van der Waals surface area (Å²) in [5.74, 6) is 1.23. The highest BCUT2D eigenvalue weighted by Crippen LogP contribution is 2.39. The lowest BCUT2D eigenvalue weighted by Crippen LogP contribution is -2.25. The van der Waals surface area contributed by atoms with Crippen LogP contribution in [-0.2, 0) is 6.54 Å². The molecule has 0 amide bonds. The second kappa shape index (κ2) is 7.75. The van der Waals surface area contributed by atoms with Crippen LogP contribution in [0.2, 0.25) is 0 Å². The molecule has 1 fully saturated rings. The van der Waals surface area contributed by atoms with Gasteiger partial charge < -0.3 is 10.0 Å². The number of hydrogen-bond acceptors (Lipinski definition) is 3. The molecular formula is C16H28BrN3O. The minimum atomic E-state index is -0.401. The van der Waals surface area contributed by atoms with Gasteiger partial charge in [-0.25, -0.2) is 0 Å². The van der Waals surface area contributed by atoms with Crippen molar-refractivity contribution in [2.75, 3.05) is 20.6 Å². The third kappa shape index (κ3) is 4.30. The molecule has 1 unspecified atom stereocenters. The number of aliphatic hydroxyl groups excluding tert-OH is 1. The minimum absolute atomic E-state index is 0.374. The summed E-state index contributed by atoms with van der Waals surface area (Å²) in [5, 5.41) is 15.2. The molecule has 1 N–H and O–H groups in total. The van der Waals surface area contributed by atoms with Gasteiger partial charge in [0.2, 0.25) is 0 Å². The Morgan fingerprint density at radius 2 is 2.05 bits per heavy atom. The van der Waals surface area contributed by atoms with E-state index in [0.717, 1.165) is 42.0 Å². The lowest BCUT2D eigenvalue weighted by Gasteiger charge is -2.31. The zero-order valence-electron chi connectivity index (χ0n) is 13.4. The molecule has 0 saturated heterocycles. The first-order chi connectivity index (χ1) is 10.0. The maximum Gasteiger partial charge on any atom is 0.0996 e. The van der Waals surface area contributed by atoms with Gasteiger partial charge in [0.25, 0.3) is 0 Å². The van der Waals surface area contributed by atoms with Crippen LogP contribution >= 0.6 is 15.9 Å². The van der Waals surface area contributed by atoms with E-state index >= 15 is 0 Å². The predicted molar refractivity (Wildman–Crippen MR) is 89.2 cm³/mol. The fraction of sp³-hybridized carbons (Fsp3) is 0.812. The molecule has 0 aromatic carbocycles. The zero-order chi connectivity index (χ0) is 15.4. The molecule has 2 rings (SSSR count). The summed E-state index contributed by atoms with van der Waals surface area (Å²) >= 11 is 3.56. The maximum absolute atomic E-state index is 10.8. The first-order valence-corrected chi connectivity index (χ1v) is 8.86. The van der Waals surface area contributed by atoms with Crippen molar-refractivity contribution >= 4 is 15.9 Å². The van der Waals surface area contributed by atoms with Gasteiger partial charge in [0.05, 0.1) is 29.0 Å². The number of aromatic nitrogens is 2. The number of hydrogen-bond donors (Lipinski definition) is 1. The summed E-state index contributed by atoms with van der Waals surface area (Å²) in [5.41, 5.74) is 0.955. The Balaban J connectivity index is 2.04. The van der Waals surface area contributed by atoms with Gasteiger partial charge in [0.15, 0.2) is 0 Å². The predicted octanol–water partition coefficient (Wildman–Crippen LogP) is 3.46. The molecule has 1 aromatic heterocycles. The summed E-state index contributed by atoms with van der Waals surface area (Å²) in [6, 6.07) is 0. The quantitative estimate of drug-likeness (QED) is 0.847. The third-order valence-corrected chi connectivity index (χ3v) is 5.40. The highest BCUT2D eigenvalue weighted by molar-refractivity contribution is 9.10. The average molecular weight is 358 g/mol. The normalized spacial score (nSPS) is 24.5. The first kappa shape index (κ1) is 17.0. The van der Waals surface area contributed by atoms with Gasteiger partial charge in [0.1, 0.15) is 0 Å². The molecule has 1 aliphatic rings. The molecule has 1 heterocycles. The van der Waals surface area contributed by atoms with Crippen LogP contribution in [-0.4, -0.2) is 40.4 Å². The van der Waals surface area contributed by atoms with Crippen LogP contribution in [0.15, 0.2) is 10.7 Å². The van der Waals surface area contributed by atoms with E-state index in [9.17, 15) is 5.11 Å². The molecule has 0 bridgehead atoms. The summed E-state index contributed by atoms with van der Waals surface area (Å²) in [7, 11) is 4.11. The minimum Gasteiger partial charge on any atom is -0.386 e. The van der Waals surface area contributed by atoms with Crippen molar-refractivity contribution in [1.82, 2.24) is 14.7 Å². The first-order valence-electron chi connectivity index (χ1n) is 8.06. The average Bonchev–Trinajstić information content (AvgIpc) is 2.85. The topological polar surface area (TPSA) is 41.3 Å². The standard InChI is InChI=1S/C16H28BrN3O/c1-4-12-5-7-13(8-6-12)16(21)15-14(17)11-18-20(15)10-9-19(2)3/h11-13,16,21H,4-10H2,1-3H3. The van der Waals surface area contributed by atoms with Gasteiger partial charge in [-0.2, -0.15) is 5.10 Å². The number of nitrogens with zero attached hydrogens (tertiary/aromatic N) is 3. The van der Waals surface area contributed by atoms with Crippen molar-refractivity contribution in [3.05, 3.63) is 16.4 Å². The Labute approximate surface area is 136 Å². The van der Waals surface area contributed by atoms with Gasteiger partial charge in [-0.15, -0.1) is 0 Å². The highest BCUT2D eigenvalue weighted by Gasteiger charge is 2.30. The Kier molecular flexibility index (Phi) is 6.26. The van der Waals surface area contributed by atoms with E-state index in [1.54, 1.807) is 0 Å². The molecule has 4 nitrogen and oxygen atoms in total. The molecule has 120 valence electrons. The molecule has 0 aliphatic heterocycles. The second-order valence-corrected chi connectivity index (χ2v) is 7.39. The summed E-state index contributed by atoms with van der Waals surface area (Å²) in [6.45, 7) is 4.01. The van der Waals surface area contributed by atoms with E-state index in [0.29, 0.717) is 5.92 Å². The molecule has 5 heteroatoms. The van der Waals surface area contributed by atoms with Crippen molar-refractivity contribution < 1.29 is 5.11 Å². The van der Waals surface area contributed by atoms with Crippen LogP contribution in [0.5, 0.6) is 0 Å². The summed E-state index contributed by atoms with van der Waals surface area (Å²) in [4.78, 5) is 2.14. The molecule has 0 radical (unpaired) electrons. The van der Waals surface area contributed by atoms with E-state index in [2.05, 4.69) is 46.9 Å². The van der Waals surface area contributed by atoms with Gasteiger partial charge in [-0.1, -0.05) is 26.2 Å². The van der Waals surface area contributed by atoms with E-state index < -0.39 is 6.10 Å². The van der Waals surface area contributed by atoms with E-state index in [1.165, 1.54) is 19.3 Å². The fourth-order valence-corrected chi connectivity index (χ4v) is 3.81. The van der Waals surface area contributed by atoms with Gasteiger partial charge >= 0.3 is 0 Å². The van der Waals surface area contributed by atoms with Crippen molar-refractivity contribution in [3.8, 4) is 0 Å². The monoisotopic (exact) mass is 357 g/mol. The number of halogens is 1. The number of aliphatic hydroxyl groups is 1. The van der Waals surface area contributed by atoms with E-state index in [-0.39, 0.29) is 0 Å². The lowest BCUT2D eigenvalue weighted by molar-refractivity contribution is 0.0647. The van der Waals surface area contributed by atoms with Gasteiger partial charge in [0, 0.05) is 6.54 Å². The van der Waals surface area contributed by atoms with Gasteiger partial charge in [-0.3, -0.25) is 4.68 Å². The molecular weight excluding hydrogens is 330 g/mol. The largest absolute Gasteiger partial charge is 0.386 e. The molecule has 1 saturated carbocycles. The fourth-order valence-electron chi connectivity index (χ4n) is 3.27. The van der Waals surface area contributed by atoms with Crippen molar-refractivity contribution in [2.24, 2.45) is 11.8 Å². The molecule has 1 aliphatic carbocycles. The Morgan fingerprint density at radius 1 is 1.38 bits per heavy atom. The summed E-state index contributed by atoms with van der Waals surface area (Å²) in [6.07, 6.45) is 7.44. The van der Waals surface area contributed by atoms with Crippen LogP contribution in [0.25, 0.3) is 0 Å². The summed E-state index contributed by atoms with van der Waals surface area (Å²) < 4.78 is 2.90. The number of rotatable bonds is 6. The zero-order valence-corrected chi connectivity index (χ0v) is 15.0. The molecule has 1 aromatic rings. The highest BCUT2D eigenvalue weighted by atomic mass is 79.9. The molecule has 0 spiro atoms. The Hall–Kier alpha value is -0.390. The van der Waals surface area contributed by atoms with E-state index in [4.69, 9.17) is 0 Å². The number of likely N-dealkylation sites (N-methyl/N-ethyl adjacent to an activating group) is 1. The third-order valence-electron chi connectivity index (χ3n) is 4.79. The van der Waals surface area contributed by atoms with Crippen molar-refractivity contribution in [1.29, 1.82) is 0 Å². The van der Waals surface area contributed by atoms with Crippen LogP contribution in [0, 0.1) is 11.8 Å². The smallest absolute Gasteiger partial charge is 0.0996 e. The van der Waals surface area contributed by atoms with Crippen LogP contribution in [0.1, 0.15) is 50.8 Å². The van der Waals surface area contributed by atoms with E-state index in [1.807, 2.05) is 10.9 Å². The van der Waals surface area contributed by atoms with Crippen LogP contribution in [0.4, 0.5) is 0 Å². The molecule has 21 heavy (non-hydrogen) atoms. The van der Waals surface area contributed by atoms with Crippen molar-refractivity contribution in [2.45, 2.75) is 51.7 Å². The van der Waals surface area contributed by atoms with Crippen molar-refractivity contribution in [3.63, 3.8) is 0 Å². The second-order valence-electron chi connectivity index (χ2n) is 6.54. The van der Waals surface area contributed by atoms with Gasteiger partial charge in [-0.05, 0) is 54.7 Å². The Bertz CT molecular complexity index is 439. The molecule has 1 atom stereocenters. The lowest BCUT2D eigenvalue weighted by atomic mass is 9.78. The Morgan fingerprint density at radius 3 is 2.62 bits per heavy atom. The maximum atomic E-state index is 10.8. The van der Waals surface area contributed by atoms with Crippen LogP contribution in [0.3, 0.4) is 0 Å². The van der Waals surface area contributed by atoms with Crippen LogP contribution < -0.4 is 0 Å².